The fourth-order valence-corrected chi connectivity index (χ4v) is 2.38. The van der Waals surface area contributed by atoms with Crippen molar-refractivity contribution in [2.24, 2.45) is 5.92 Å². The summed E-state index contributed by atoms with van der Waals surface area (Å²) in [6, 6.07) is 3.81. The van der Waals surface area contributed by atoms with Gasteiger partial charge >= 0.3 is 6.18 Å². The summed E-state index contributed by atoms with van der Waals surface area (Å²) in [5.74, 6) is 0.325. The fourth-order valence-electron chi connectivity index (χ4n) is 2.14. The van der Waals surface area contributed by atoms with Crippen molar-refractivity contribution in [3.8, 4) is 0 Å². The van der Waals surface area contributed by atoms with Crippen LogP contribution in [0.5, 0.6) is 0 Å². The molecule has 0 radical (unpaired) electrons. The average molecular weight is 294 g/mol. The highest BCUT2D eigenvalue weighted by molar-refractivity contribution is 6.33. The highest BCUT2D eigenvalue weighted by Gasteiger charge is 2.34. The summed E-state index contributed by atoms with van der Waals surface area (Å²) >= 11 is 5.87. The summed E-state index contributed by atoms with van der Waals surface area (Å²) in [6.45, 7) is 1.82. The lowest BCUT2D eigenvalue weighted by atomic mass is 10.00. The second kappa shape index (κ2) is 6.01. The smallest absolute Gasteiger partial charge is 0.383 e. The van der Waals surface area contributed by atoms with Gasteiger partial charge in [-0.05, 0) is 30.9 Å². The summed E-state index contributed by atoms with van der Waals surface area (Å²) in [5, 5.41) is 2.95. The second-order valence-electron chi connectivity index (χ2n) is 4.60. The van der Waals surface area contributed by atoms with E-state index in [2.05, 4.69) is 5.32 Å². The van der Waals surface area contributed by atoms with E-state index in [-0.39, 0.29) is 10.7 Å². The number of alkyl halides is 3. The van der Waals surface area contributed by atoms with Crippen LogP contribution in [0.2, 0.25) is 5.02 Å². The van der Waals surface area contributed by atoms with E-state index in [0.29, 0.717) is 25.7 Å². The van der Waals surface area contributed by atoms with E-state index in [0.717, 1.165) is 18.9 Å². The highest BCUT2D eigenvalue weighted by Crippen LogP contribution is 2.38. The maximum absolute atomic E-state index is 12.9. The third-order valence-corrected chi connectivity index (χ3v) is 3.54. The molecule has 0 amide bonds. The van der Waals surface area contributed by atoms with Crippen LogP contribution in [0, 0.1) is 5.92 Å². The zero-order valence-electron chi connectivity index (χ0n) is 10.3. The van der Waals surface area contributed by atoms with E-state index in [1.807, 2.05) is 0 Å². The molecular weight excluding hydrogens is 279 g/mol. The lowest BCUT2D eigenvalue weighted by Crippen LogP contribution is -2.23. The van der Waals surface area contributed by atoms with Crippen molar-refractivity contribution >= 4 is 17.3 Å². The molecule has 1 fully saturated rings. The first kappa shape index (κ1) is 14.5. The Hall–Kier alpha value is -0.940. The third kappa shape index (κ3) is 3.76. The van der Waals surface area contributed by atoms with Crippen LogP contribution in [0.4, 0.5) is 18.9 Å². The second-order valence-corrected chi connectivity index (χ2v) is 5.00. The quantitative estimate of drug-likeness (QED) is 0.902. The van der Waals surface area contributed by atoms with Gasteiger partial charge in [0.1, 0.15) is 0 Å². The standard InChI is InChI=1S/C13H15ClF3NO/c14-11-3-1-2-10(13(15,16)17)12(11)18-8-9-4-6-19-7-5-9/h1-3,9,18H,4-8H2. The number of hydrogen-bond acceptors (Lipinski definition) is 2. The van der Waals surface area contributed by atoms with Gasteiger partial charge in [-0.25, -0.2) is 0 Å². The molecule has 0 spiro atoms. The third-order valence-electron chi connectivity index (χ3n) is 3.23. The van der Waals surface area contributed by atoms with E-state index in [9.17, 15) is 13.2 Å². The van der Waals surface area contributed by atoms with Gasteiger partial charge in [-0.15, -0.1) is 0 Å². The largest absolute Gasteiger partial charge is 0.418 e. The Morgan fingerprint density at radius 2 is 1.95 bits per heavy atom. The maximum atomic E-state index is 12.9. The number of rotatable bonds is 3. The Morgan fingerprint density at radius 1 is 1.26 bits per heavy atom. The SMILES string of the molecule is FC(F)(F)c1cccc(Cl)c1NCC1CCOCC1. The van der Waals surface area contributed by atoms with Gasteiger partial charge in [-0.1, -0.05) is 17.7 Å². The molecule has 0 unspecified atom stereocenters. The molecule has 1 saturated heterocycles. The summed E-state index contributed by atoms with van der Waals surface area (Å²) < 4.78 is 43.8. The monoisotopic (exact) mass is 293 g/mol. The molecule has 1 aliphatic heterocycles. The number of para-hydroxylation sites is 1. The van der Waals surface area contributed by atoms with Crippen molar-refractivity contribution < 1.29 is 17.9 Å². The highest BCUT2D eigenvalue weighted by atomic mass is 35.5. The molecule has 106 valence electrons. The minimum absolute atomic E-state index is 0.0249. The number of nitrogens with one attached hydrogen (secondary N) is 1. The van der Waals surface area contributed by atoms with Crippen molar-refractivity contribution in [1.29, 1.82) is 0 Å². The molecule has 1 aromatic rings. The van der Waals surface area contributed by atoms with Crippen LogP contribution in [0.25, 0.3) is 0 Å². The zero-order chi connectivity index (χ0) is 13.9. The first-order valence-corrected chi connectivity index (χ1v) is 6.53. The minimum atomic E-state index is -4.40. The number of anilines is 1. The summed E-state index contributed by atoms with van der Waals surface area (Å²) in [6.07, 6.45) is -2.68. The average Bonchev–Trinajstić information content (AvgIpc) is 2.37. The van der Waals surface area contributed by atoms with E-state index < -0.39 is 11.7 Å². The van der Waals surface area contributed by atoms with Crippen LogP contribution in [0.1, 0.15) is 18.4 Å². The van der Waals surface area contributed by atoms with E-state index in [1.165, 1.54) is 12.1 Å². The molecule has 1 N–H and O–H groups in total. The minimum Gasteiger partial charge on any atom is -0.383 e. The fraction of sp³-hybridized carbons (Fsp3) is 0.538. The van der Waals surface area contributed by atoms with Gasteiger partial charge in [0.05, 0.1) is 16.3 Å². The lowest BCUT2D eigenvalue weighted by Gasteiger charge is -2.24. The Labute approximate surface area is 114 Å². The first-order valence-electron chi connectivity index (χ1n) is 6.16. The van der Waals surface area contributed by atoms with Crippen LogP contribution < -0.4 is 5.32 Å². The van der Waals surface area contributed by atoms with Crippen molar-refractivity contribution in [2.45, 2.75) is 19.0 Å². The molecule has 1 aliphatic rings. The number of halogens is 4. The normalized spacial score (nSPS) is 17.5. The van der Waals surface area contributed by atoms with Gasteiger partial charge in [0, 0.05) is 19.8 Å². The molecule has 6 heteroatoms. The number of benzene rings is 1. The summed E-state index contributed by atoms with van der Waals surface area (Å²) in [5.41, 5.74) is -0.741. The predicted molar refractivity (Wildman–Crippen MR) is 68.5 cm³/mol. The van der Waals surface area contributed by atoms with Gasteiger partial charge in [-0.3, -0.25) is 0 Å². The van der Waals surface area contributed by atoms with Crippen molar-refractivity contribution in [3.05, 3.63) is 28.8 Å². The summed E-state index contributed by atoms with van der Waals surface area (Å²) in [4.78, 5) is 0. The van der Waals surface area contributed by atoms with Gasteiger partial charge in [0.25, 0.3) is 0 Å². The molecule has 0 aromatic heterocycles. The molecule has 19 heavy (non-hydrogen) atoms. The number of hydrogen-bond donors (Lipinski definition) is 1. The Balaban J connectivity index is 2.10. The molecular formula is C13H15ClF3NO. The van der Waals surface area contributed by atoms with Gasteiger partial charge < -0.3 is 10.1 Å². The van der Waals surface area contributed by atoms with Gasteiger partial charge in [-0.2, -0.15) is 13.2 Å². The van der Waals surface area contributed by atoms with Crippen molar-refractivity contribution in [2.75, 3.05) is 25.1 Å². The van der Waals surface area contributed by atoms with Crippen LogP contribution in [0.3, 0.4) is 0 Å². The van der Waals surface area contributed by atoms with Crippen molar-refractivity contribution in [3.63, 3.8) is 0 Å². The predicted octanol–water partition coefficient (Wildman–Crippen LogP) is 4.20. The van der Waals surface area contributed by atoms with Crippen molar-refractivity contribution in [1.82, 2.24) is 0 Å². The van der Waals surface area contributed by atoms with Crippen LogP contribution in [-0.2, 0) is 10.9 Å². The topological polar surface area (TPSA) is 21.3 Å². The van der Waals surface area contributed by atoms with E-state index in [1.54, 1.807) is 0 Å². The van der Waals surface area contributed by atoms with Crippen LogP contribution >= 0.6 is 11.6 Å². The van der Waals surface area contributed by atoms with Crippen LogP contribution in [0.15, 0.2) is 18.2 Å². The molecule has 0 atom stereocenters. The maximum Gasteiger partial charge on any atom is 0.418 e. The van der Waals surface area contributed by atoms with Crippen LogP contribution in [-0.4, -0.2) is 19.8 Å². The lowest BCUT2D eigenvalue weighted by molar-refractivity contribution is -0.137. The molecule has 2 nitrogen and oxygen atoms in total. The van der Waals surface area contributed by atoms with E-state index in [4.69, 9.17) is 16.3 Å². The molecule has 0 aliphatic carbocycles. The molecule has 0 bridgehead atoms. The zero-order valence-corrected chi connectivity index (χ0v) is 11.0. The Kier molecular flexibility index (Phi) is 4.58. The Bertz CT molecular complexity index is 430. The molecule has 2 rings (SSSR count). The Morgan fingerprint density at radius 3 is 2.58 bits per heavy atom. The van der Waals surface area contributed by atoms with Gasteiger partial charge in [0.15, 0.2) is 0 Å². The number of ether oxygens (including phenoxy) is 1. The summed E-state index contributed by atoms with van der Waals surface area (Å²) in [7, 11) is 0. The molecule has 1 heterocycles. The van der Waals surface area contributed by atoms with E-state index >= 15 is 0 Å². The van der Waals surface area contributed by atoms with Gasteiger partial charge in [0.2, 0.25) is 0 Å². The molecule has 0 saturated carbocycles. The first-order chi connectivity index (χ1) is 8.98. The molecule has 1 aromatic carbocycles.